The van der Waals surface area contributed by atoms with E-state index in [0.29, 0.717) is 28.9 Å². The topological polar surface area (TPSA) is 117 Å². The summed E-state index contributed by atoms with van der Waals surface area (Å²) >= 11 is 2.89. The number of aryl methyl sites for hydroxylation is 2. The van der Waals surface area contributed by atoms with Crippen molar-refractivity contribution in [1.29, 1.82) is 0 Å². The highest BCUT2D eigenvalue weighted by Gasteiger charge is 2.27. The number of carboxylic acids is 1. The predicted octanol–water partition coefficient (Wildman–Crippen LogP) is 5.75. The lowest BCUT2D eigenvalue weighted by molar-refractivity contribution is -0.139. The average molecular weight is 624 g/mol. The van der Waals surface area contributed by atoms with Crippen molar-refractivity contribution in [3.8, 4) is 11.1 Å². The van der Waals surface area contributed by atoms with Crippen LogP contribution in [0.5, 0.6) is 0 Å². The first kappa shape index (κ1) is 31.4. The largest absolute Gasteiger partial charge is 0.480 e. The molecule has 42 heavy (non-hydrogen) atoms. The first-order valence-corrected chi connectivity index (χ1v) is 17.0. The van der Waals surface area contributed by atoms with Crippen LogP contribution in [0.2, 0.25) is 0 Å². The van der Waals surface area contributed by atoms with Gasteiger partial charge < -0.3 is 10.4 Å². The number of nitrogens with zero attached hydrogens (tertiary/aromatic N) is 2. The van der Waals surface area contributed by atoms with Crippen LogP contribution < -0.4 is 5.32 Å². The van der Waals surface area contributed by atoms with Gasteiger partial charge in [-0.25, -0.2) is 13.2 Å². The van der Waals surface area contributed by atoms with Crippen molar-refractivity contribution in [3.05, 3.63) is 106 Å². The minimum Gasteiger partial charge on any atom is -0.480 e. The lowest BCUT2D eigenvalue weighted by Crippen LogP contribution is -2.41. The van der Waals surface area contributed by atoms with Gasteiger partial charge in [-0.15, -0.1) is 11.3 Å². The summed E-state index contributed by atoms with van der Waals surface area (Å²) < 4.78 is 29.0. The van der Waals surface area contributed by atoms with Crippen LogP contribution in [0, 0.1) is 13.8 Å². The molecule has 0 aliphatic rings. The number of carbonyl (C=O) groups is 2. The third-order valence-corrected chi connectivity index (χ3v) is 10.0. The van der Waals surface area contributed by atoms with Gasteiger partial charge in [0, 0.05) is 23.2 Å². The Morgan fingerprint density at radius 3 is 2.40 bits per heavy atom. The number of sulfonamides is 1. The minimum atomic E-state index is -3.87. The highest BCUT2D eigenvalue weighted by molar-refractivity contribution is 7.98. The molecule has 0 fully saturated rings. The Kier molecular flexibility index (Phi) is 10.6. The molecule has 11 heteroatoms. The fraction of sp³-hybridized carbons (Fsp3) is 0.258. The van der Waals surface area contributed by atoms with Crippen molar-refractivity contribution in [1.82, 2.24) is 14.6 Å². The van der Waals surface area contributed by atoms with E-state index in [9.17, 15) is 23.1 Å². The molecule has 1 unspecified atom stereocenters. The van der Waals surface area contributed by atoms with Gasteiger partial charge in [-0.2, -0.15) is 16.1 Å². The minimum absolute atomic E-state index is 0.0559. The molecule has 0 saturated heterocycles. The van der Waals surface area contributed by atoms with Crippen molar-refractivity contribution in [2.45, 2.75) is 44.3 Å². The quantitative estimate of drug-likeness (QED) is 0.195. The van der Waals surface area contributed by atoms with E-state index in [0.717, 1.165) is 21.6 Å². The summed E-state index contributed by atoms with van der Waals surface area (Å²) in [6.45, 7) is 4.02. The van der Waals surface area contributed by atoms with Crippen LogP contribution >= 0.6 is 23.1 Å². The average Bonchev–Trinajstić information content (AvgIpc) is 3.48. The lowest BCUT2D eigenvalue weighted by Gasteiger charge is -2.23. The fourth-order valence-electron chi connectivity index (χ4n) is 4.50. The number of hydrogen-bond acceptors (Lipinski definition) is 7. The second kappa shape index (κ2) is 14.1. The highest BCUT2D eigenvalue weighted by Crippen LogP contribution is 2.30. The van der Waals surface area contributed by atoms with Gasteiger partial charge in [-0.1, -0.05) is 48.0 Å². The number of amides is 1. The summed E-state index contributed by atoms with van der Waals surface area (Å²) in [6.07, 6.45) is 3.83. The Balaban J connectivity index is 1.74. The Morgan fingerprint density at radius 1 is 1.02 bits per heavy atom. The molecule has 2 N–H and O–H groups in total. The molecule has 3 aromatic carbocycles. The number of aliphatic carboxylic acids is 1. The van der Waals surface area contributed by atoms with E-state index >= 15 is 0 Å². The van der Waals surface area contributed by atoms with Crippen molar-refractivity contribution in [3.63, 3.8) is 0 Å². The molecule has 8 nitrogen and oxygen atoms in total. The second-order valence-electron chi connectivity index (χ2n) is 9.89. The first-order chi connectivity index (χ1) is 20.1. The number of rotatable bonds is 13. The Bertz CT molecular complexity index is 1640. The van der Waals surface area contributed by atoms with E-state index in [1.807, 2.05) is 50.4 Å². The number of carboxylic acid groups (broad SMARTS) is 1. The van der Waals surface area contributed by atoms with Crippen molar-refractivity contribution in [2.24, 2.45) is 0 Å². The summed E-state index contributed by atoms with van der Waals surface area (Å²) in [5.74, 6) is -1.00. The molecular formula is C31H33N3O5S3. The number of carbonyl (C=O) groups excluding carboxylic acids is 1. The van der Waals surface area contributed by atoms with Crippen LogP contribution in [0.1, 0.15) is 38.3 Å². The third-order valence-electron chi connectivity index (χ3n) is 6.81. The summed E-state index contributed by atoms with van der Waals surface area (Å²) in [7, 11) is -3.87. The van der Waals surface area contributed by atoms with Crippen LogP contribution in [0.15, 0.2) is 83.3 Å². The van der Waals surface area contributed by atoms with Gasteiger partial charge in [0.2, 0.25) is 10.0 Å². The molecule has 1 heterocycles. The van der Waals surface area contributed by atoms with E-state index in [-0.39, 0.29) is 18.0 Å². The molecule has 0 spiro atoms. The van der Waals surface area contributed by atoms with E-state index in [1.165, 1.54) is 27.4 Å². The maximum Gasteiger partial charge on any atom is 0.326 e. The maximum atomic E-state index is 13.8. The van der Waals surface area contributed by atoms with Gasteiger partial charge in [0.15, 0.2) is 0 Å². The van der Waals surface area contributed by atoms with Gasteiger partial charge in [0.25, 0.3) is 5.91 Å². The van der Waals surface area contributed by atoms with Gasteiger partial charge >= 0.3 is 5.97 Å². The van der Waals surface area contributed by atoms with Crippen molar-refractivity contribution in [2.75, 3.05) is 12.0 Å². The molecule has 0 radical (unpaired) electrons. The van der Waals surface area contributed by atoms with Crippen LogP contribution in [-0.4, -0.2) is 52.7 Å². The third kappa shape index (κ3) is 7.65. The lowest BCUT2D eigenvalue weighted by atomic mass is 9.93. The highest BCUT2D eigenvalue weighted by atomic mass is 32.2. The van der Waals surface area contributed by atoms with Crippen LogP contribution in [0.4, 0.5) is 0 Å². The first-order valence-electron chi connectivity index (χ1n) is 13.3. The van der Waals surface area contributed by atoms with Gasteiger partial charge in [-0.05, 0) is 78.8 Å². The molecule has 1 atom stereocenters. The molecule has 0 bridgehead atoms. The van der Waals surface area contributed by atoms with Gasteiger partial charge in [0.1, 0.15) is 6.04 Å². The molecule has 0 saturated carbocycles. The zero-order chi connectivity index (χ0) is 30.3. The maximum absolute atomic E-state index is 13.8. The molecule has 4 aromatic rings. The molecule has 0 aliphatic heterocycles. The molecule has 220 valence electrons. The summed E-state index contributed by atoms with van der Waals surface area (Å²) in [5.41, 5.74) is 5.95. The molecule has 0 aliphatic carbocycles. The Labute approximate surface area is 254 Å². The smallest absolute Gasteiger partial charge is 0.326 e. The fourth-order valence-corrected chi connectivity index (χ4v) is 7.07. The standard InChI is InChI=1S/C31H33N3O5S3/c1-21-8-11-25(12-9-21)42(38,39)34(19-24-17-32-20-41-24)18-23-10-13-27(28(16-23)26-7-5-4-6-22(26)2)30(35)33-29(31(36)37)14-15-40-3/h4-13,16-17,20,29H,14-15,18-19H2,1-3H3,(H,33,35)(H,36,37). The van der Waals surface area contributed by atoms with E-state index < -0.39 is 27.9 Å². The zero-order valence-electron chi connectivity index (χ0n) is 23.6. The van der Waals surface area contributed by atoms with E-state index in [2.05, 4.69) is 10.3 Å². The predicted molar refractivity (Wildman–Crippen MR) is 168 cm³/mol. The molecule has 4 rings (SSSR count). The number of benzene rings is 3. The van der Waals surface area contributed by atoms with Crippen LogP contribution in [0.3, 0.4) is 0 Å². The number of aromatic nitrogens is 1. The van der Waals surface area contributed by atoms with Crippen molar-refractivity contribution >= 4 is 45.0 Å². The second-order valence-corrected chi connectivity index (χ2v) is 13.8. The normalized spacial score (nSPS) is 12.3. The van der Waals surface area contributed by atoms with Crippen LogP contribution in [-0.2, 0) is 27.9 Å². The van der Waals surface area contributed by atoms with E-state index in [4.69, 9.17) is 0 Å². The Morgan fingerprint density at radius 2 is 1.76 bits per heavy atom. The number of hydrogen-bond donors (Lipinski definition) is 2. The van der Waals surface area contributed by atoms with Gasteiger partial charge in [0.05, 0.1) is 17.0 Å². The van der Waals surface area contributed by atoms with E-state index in [1.54, 1.807) is 48.1 Å². The van der Waals surface area contributed by atoms with Crippen LogP contribution in [0.25, 0.3) is 11.1 Å². The molecule has 1 aromatic heterocycles. The number of thioether (sulfide) groups is 1. The molecule has 1 amide bonds. The summed E-state index contributed by atoms with van der Waals surface area (Å²) in [4.78, 5) is 30.4. The number of thiazole rings is 1. The monoisotopic (exact) mass is 623 g/mol. The van der Waals surface area contributed by atoms with Gasteiger partial charge in [-0.3, -0.25) is 9.78 Å². The Hall–Kier alpha value is -3.51. The summed E-state index contributed by atoms with van der Waals surface area (Å²) in [5, 5.41) is 12.3. The summed E-state index contributed by atoms with van der Waals surface area (Å²) in [6, 6.07) is 18.5. The SMILES string of the molecule is CSCCC(NC(=O)c1ccc(CN(Cc2cncs2)S(=O)(=O)c2ccc(C)cc2)cc1-c1ccccc1C)C(=O)O. The molecular weight excluding hydrogens is 591 g/mol. The van der Waals surface area contributed by atoms with Crippen molar-refractivity contribution < 1.29 is 23.1 Å². The zero-order valence-corrected chi connectivity index (χ0v) is 26.1. The number of nitrogens with one attached hydrogen (secondary N) is 1.